The van der Waals surface area contributed by atoms with Gasteiger partial charge in [-0.1, -0.05) is 25.0 Å². The van der Waals surface area contributed by atoms with Gasteiger partial charge in [0.2, 0.25) is 0 Å². The summed E-state index contributed by atoms with van der Waals surface area (Å²) in [5.74, 6) is 1.41. The van der Waals surface area contributed by atoms with Crippen LogP contribution in [-0.4, -0.2) is 36.6 Å². The number of amides is 1. The van der Waals surface area contributed by atoms with E-state index in [1.54, 1.807) is 7.11 Å². The second-order valence-electron chi connectivity index (χ2n) is 6.74. The Kier molecular flexibility index (Phi) is 5.44. The zero-order chi connectivity index (χ0) is 16.9. The Hall–Kier alpha value is -1.97. The minimum atomic E-state index is 0.0875. The average molecular weight is 329 g/mol. The molecule has 2 saturated carbocycles. The molecule has 130 valence electrons. The molecule has 3 rings (SSSR count). The molecule has 0 bridgehead atoms. The summed E-state index contributed by atoms with van der Waals surface area (Å²) < 4.78 is 11.2. The first-order chi connectivity index (χ1) is 11.7. The zero-order valence-corrected chi connectivity index (χ0v) is 14.5. The molecule has 2 fully saturated rings. The summed E-state index contributed by atoms with van der Waals surface area (Å²) in [5.41, 5.74) is 1.12. The maximum Gasteiger partial charge on any atom is 0.261 e. The third-order valence-electron chi connectivity index (χ3n) is 4.91. The van der Waals surface area contributed by atoms with Crippen LogP contribution in [0.4, 0.5) is 0 Å². The summed E-state index contributed by atoms with van der Waals surface area (Å²) in [7, 11) is 1.62. The SMILES string of the molecule is C=CCc1ccc(OCC(=O)N(C2CCCC2)C2CC2)c(OC)c1. The normalized spacial score (nSPS) is 17.5. The molecule has 4 nitrogen and oxygen atoms in total. The highest BCUT2D eigenvalue weighted by Gasteiger charge is 2.38. The summed E-state index contributed by atoms with van der Waals surface area (Å²) >= 11 is 0. The van der Waals surface area contributed by atoms with Crippen LogP contribution in [0.5, 0.6) is 11.5 Å². The van der Waals surface area contributed by atoms with Gasteiger partial charge in [-0.3, -0.25) is 4.79 Å². The molecule has 24 heavy (non-hydrogen) atoms. The zero-order valence-electron chi connectivity index (χ0n) is 14.5. The lowest BCUT2D eigenvalue weighted by Crippen LogP contribution is -2.43. The lowest BCUT2D eigenvalue weighted by atomic mass is 10.1. The molecule has 0 radical (unpaired) electrons. The number of ether oxygens (including phenoxy) is 2. The molecular weight excluding hydrogens is 302 g/mol. The van der Waals surface area contributed by atoms with Crippen LogP contribution < -0.4 is 9.47 Å². The van der Waals surface area contributed by atoms with Crippen LogP contribution >= 0.6 is 0 Å². The lowest BCUT2D eigenvalue weighted by molar-refractivity contribution is -0.136. The monoisotopic (exact) mass is 329 g/mol. The Morgan fingerprint density at radius 1 is 1.21 bits per heavy atom. The van der Waals surface area contributed by atoms with Crippen LogP contribution in [0, 0.1) is 0 Å². The molecule has 1 aromatic rings. The highest BCUT2D eigenvalue weighted by atomic mass is 16.5. The number of methoxy groups -OCH3 is 1. The summed E-state index contributed by atoms with van der Waals surface area (Å²) in [6.45, 7) is 3.84. The molecule has 0 N–H and O–H groups in total. The number of hydrogen-bond donors (Lipinski definition) is 0. The quantitative estimate of drug-likeness (QED) is 0.682. The smallest absolute Gasteiger partial charge is 0.261 e. The maximum absolute atomic E-state index is 12.7. The van der Waals surface area contributed by atoms with Gasteiger partial charge in [0.15, 0.2) is 18.1 Å². The van der Waals surface area contributed by atoms with Crippen molar-refractivity contribution < 1.29 is 14.3 Å². The fraction of sp³-hybridized carbons (Fsp3) is 0.550. The van der Waals surface area contributed by atoms with Gasteiger partial charge in [0, 0.05) is 12.1 Å². The Morgan fingerprint density at radius 3 is 2.54 bits per heavy atom. The number of hydrogen-bond acceptors (Lipinski definition) is 3. The minimum Gasteiger partial charge on any atom is -0.493 e. The first-order valence-electron chi connectivity index (χ1n) is 8.94. The van der Waals surface area contributed by atoms with Crippen molar-refractivity contribution >= 4 is 5.91 Å². The van der Waals surface area contributed by atoms with Gasteiger partial charge >= 0.3 is 0 Å². The number of rotatable bonds is 8. The van der Waals surface area contributed by atoms with Gasteiger partial charge in [0.25, 0.3) is 5.91 Å². The van der Waals surface area contributed by atoms with Crippen molar-refractivity contribution in [3.8, 4) is 11.5 Å². The van der Waals surface area contributed by atoms with Gasteiger partial charge in [0.05, 0.1) is 7.11 Å². The molecule has 4 heteroatoms. The van der Waals surface area contributed by atoms with Gasteiger partial charge < -0.3 is 14.4 Å². The van der Waals surface area contributed by atoms with E-state index in [0.717, 1.165) is 37.7 Å². The molecule has 0 aromatic heterocycles. The predicted molar refractivity (Wildman–Crippen MR) is 94.5 cm³/mol. The van der Waals surface area contributed by atoms with Gasteiger partial charge in [-0.25, -0.2) is 0 Å². The Morgan fingerprint density at radius 2 is 1.92 bits per heavy atom. The number of carbonyl (C=O) groups is 1. The van der Waals surface area contributed by atoms with Crippen molar-refractivity contribution in [1.82, 2.24) is 4.90 Å². The van der Waals surface area contributed by atoms with E-state index in [1.807, 2.05) is 24.3 Å². The largest absolute Gasteiger partial charge is 0.493 e. The molecule has 0 atom stereocenters. The Balaban J connectivity index is 1.63. The average Bonchev–Trinajstić information content (AvgIpc) is 3.27. The van der Waals surface area contributed by atoms with E-state index >= 15 is 0 Å². The molecule has 1 aromatic carbocycles. The van der Waals surface area contributed by atoms with Gasteiger partial charge in [0.1, 0.15) is 0 Å². The van der Waals surface area contributed by atoms with Crippen molar-refractivity contribution in [3.05, 3.63) is 36.4 Å². The fourth-order valence-corrected chi connectivity index (χ4v) is 3.58. The number of allylic oxidation sites excluding steroid dienone is 1. The summed E-state index contributed by atoms with van der Waals surface area (Å²) in [5, 5.41) is 0. The van der Waals surface area contributed by atoms with Crippen molar-refractivity contribution in [2.45, 2.75) is 57.0 Å². The van der Waals surface area contributed by atoms with E-state index in [-0.39, 0.29) is 12.5 Å². The molecule has 2 aliphatic rings. The topological polar surface area (TPSA) is 38.8 Å². The van der Waals surface area contributed by atoms with E-state index in [9.17, 15) is 4.79 Å². The van der Waals surface area contributed by atoms with E-state index in [1.165, 1.54) is 12.8 Å². The molecule has 1 amide bonds. The van der Waals surface area contributed by atoms with Crippen LogP contribution in [0.1, 0.15) is 44.1 Å². The van der Waals surface area contributed by atoms with E-state index in [4.69, 9.17) is 9.47 Å². The van der Waals surface area contributed by atoms with Crippen LogP contribution in [0.15, 0.2) is 30.9 Å². The fourth-order valence-electron chi connectivity index (χ4n) is 3.58. The molecular formula is C20H27NO3. The maximum atomic E-state index is 12.7. The predicted octanol–water partition coefficient (Wildman–Crippen LogP) is 3.74. The van der Waals surface area contributed by atoms with Crippen molar-refractivity contribution in [2.75, 3.05) is 13.7 Å². The third-order valence-corrected chi connectivity index (χ3v) is 4.91. The molecule has 0 unspecified atom stereocenters. The third kappa shape index (κ3) is 3.92. The Labute approximate surface area is 144 Å². The van der Waals surface area contributed by atoms with E-state index in [2.05, 4.69) is 11.5 Å². The van der Waals surface area contributed by atoms with E-state index in [0.29, 0.717) is 23.6 Å². The summed E-state index contributed by atoms with van der Waals surface area (Å²) in [4.78, 5) is 14.8. The molecule has 2 aliphatic carbocycles. The van der Waals surface area contributed by atoms with Gasteiger partial charge in [-0.05, 0) is 49.8 Å². The molecule has 0 aliphatic heterocycles. The number of carbonyl (C=O) groups excluding carboxylic acids is 1. The first kappa shape index (κ1) is 16.9. The van der Waals surface area contributed by atoms with Crippen molar-refractivity contribution in [1.29, 1.82) is 0 Å². The van der Waals surface area contributed by atoms with Crippen molar-refractivity contribution in [2.24, 2.45) is 0 Å². The van der Waals surface area contributed by atoms with Crippen LogP contribution in [0.25, 0.3) is 0 Å². The Bertz CT molecular complexity index is 589. The lowest BCUT2D eigenvalue weighted by Gasteiger charge is -2.29. The summed E-state index contributed by atoms with van der Waals surface area (Å²) in [6, 6.07) is 6.67. The highest BCUT2D eigenvalue weighted by molar-refractivity contribution is 5.79. The highest BCUT2D eigenvalue weighted by Crippen LogP contribution is 2.35. The number of nitrogens with zero attached hydrogens (tertiary/aromatic N) is 1. The minimum absolute atomic E-state index is 0.0875. The molecule has 0 heterocycles. The van der Waals surface area contributed by atoms with Crippen molar-refractivity contribution in [3.63, 3.8) is 0 Å². The molecule has 0 spiro atoms. The molecule has 0 saturated heterocycles. The summed E-state index contributed by atoms with van der Waals surface area (Å²) in [6.07, 6.45) is 9.68. The number of benzene rings is 1. The standard InChI is InChI=1S/C20H27NO3/c1-3-6-15-9-12-18(19(13-15)23-2)24-14-20(22)21(17-10-11-17)16-7-4-5-8-16/h3,9,12-13,16-17H,1,4-8,10-11,14H2,2H3. The van der Waals surface area contributed by atoms with Crippen LogP contribution in [0.3, 0.4) is 0 Å². The van der Waals surface area contributed by atoms with Crippen LogP contribution in [-0.2, 0) is 11.2 Å². The first-order valence-corrected chi connectivity index (χ1v) is 8.94. The van der Waals surface area contributed by atoms with Gasteiger partial charge in [-0.2, -0.15) is 0 Å². The van der Waals surface area contributed by atoms with Crippen LogP contribution in [0.2, 0.25) is 0 Å². The van der Waals surface area contributed by atoms with Gasteiger partial charge in [-0.15, -0.1) is 6.58 Å². The second kappa shape index (κ2) is 7.73. The van der Waals surface area contributed by atoms with E-state index < -0.39 is 0 Å². The second-order valence-corrected chi connectivity index (χ2v) is 6.74.